The zero-order chi connectivity index (χ0) is 9.84. The Labute approximate surface area is 74.0 Å². The van der Waals surface area contributed by atoms with Gasteiger partial charge in [-0.2, -0.15) is 0 Å². The molecule has 1 N–H and O–H groups in total. The van der Waals surface area contributed by atoms with Gasteiger partial charge in [0, 0.05) is 13.2 Å². The summed E-state index contributed by atoms with van der Waals surface area (Å²) in [6, 6.07) is 0.698. The van der Waals surface area contributed by atoms with Gasteiger partial charge in [0.05, 0.1) is 12.8 Å². The van der Waals surface area contributed by atoms with E-state index in [1.54, 1.807) is 0 Å². The summed E-state index contributed by atoms with van der Waals surface area (Å²) in [5, 5.41) is 8.75. The highest BCUT2D eigenvalue weighted by Gasteiger charge is 2.16. The SMILES string of the molecule is COC(CO)c1ncc(F)cc1F. The molecule has 0 aromatic carbocycles. The standard InChI is InChI=1S/C8H9F2NO2/c1-13-7(4-12)8-6(10)2-5(9)3-11-8/h2-3,7,12H,4H2,1H3. The van der Waals surface area contributed by atoms with E-state index >= 15 is 0 Å². The van der Waals surface area contributed by atoms with E-state index < -0.39 is 24.3 Å². The van der Waals surface area contributed by atoms with Crippen molar-refractivity contribution in [1.29, 1.82) is 0 Å². The topological polar surface area (TPSA) is 42.4 Å². The van der Waals surface area contributed by atoms with E-state index in [9.17, 15) is 8.78 Å². The number of pyridine rings is 1. The molecule has 0 spiro atoms. The first kappa shape index (κ1) is 10.0. The number of halogens is 2. The minimum Gasteiger partial charge on any atom is -0.393 e. The van der Waals surface area contributed by atoms with Crippen molar-refractivity contribution in [2.75, 3.05) is 13.7 Å². The highest BCUT2D eigenvalue weighted by Crippen LogP contribution is 2.17. The molecule has 0 aliphatic rings. The Morgan fingerprint density at radius 3 is 2.77 bits per heavy atom. The number of aliphatic hydroxyl groups excluding tert-OH is 1. The first-order valence-electron chi connectivity index (χ1n) is 3.63. The predicted octanol–water partition coefficient (Wildman–Crippen LogP) is 1.04. The second kappa shape index (κ2) is 4.25. The summed E-state index contributed by atoms with van der Waals surface area (Å²) < 4.78 is 30.1. The Morgan fingerprint density at radius 1 is 1.62 bits per heavy atom. The molecule has 0 radical (unpaired) electrons. The van der Waals surface area contributed by atoms with Crippen molar-refractivity contribution < 1.29 is 18.6 Å². The Bertz CT molecular complexity index is 289. The number of hydrogen-bond acceptors (Lipinski definition) is 3. The first-order valence-corrected chi connectivity index (χ1v) is 3.63. The molecule has 1 unspecified atom stereocenters. The average Bonchev–Trinajstić information content (AvgIpc) is 2.10. The van der Waals surface area contributed by atoms with E-state index in [4.69, 9.17) is 9.84 Å². The summed E-state index contributed by atoms with van der Waals surface area (Å²) in [6.07, 6.45) is 0.0284. The molecule has 5 heteroatoms. The lowest BCUT2D eigenvalue weighted by atomic mass is 10.2. The van der Waals surface area contributed by atoms with Crippen LogP contribution in [0.3, 0.4) is 0 Å². The van der Waals surface area contributed by atoms with E-state index in [0.29, 0.717) is 6.07 Å². The third kappa shape index (κ3) is 2.19. The lowest BCUT2D eigenvalue weighted by molar-refractivity contribution is 0.0426. The molecule has 1 aromatic heterocycles. The Kier molecular flexibility index (Phi) is 3.27. The van der Waals surface area contributed by atoms with Gasteiger partial charge in [-0.3, -0.25) is 4.98 Å². The van der Waals surface area contributed by atoms with Crippen molar-refractivity contribution in [3.8, 4) is 0 Å². The number of aromatic nitrogens is 1. The molecule has 1 heterocycles. The fraction of sp³-hybridized carbons (Fsp3) is 0.375. The van der Waals surface area contributed by atoms with Gasteiger partial charge >= 0.3 is 0 Å². The number of aliphatic hydroxyl groups is 1. The van der Waals surface area contributed by atoms with E-state index in [-0.39, 0.29) is 5.69 Å². The maximum atomic E-state index is 13.0. The fourth-order valence-corrected chi connectivity index (χ4v) is 0.935. The molecule has 1 rings (SSSR count). The maximum absolute atomic E-state index is 13.0. The number of ether oxygens (including phenoxy) is 1. The van der Waals surface area contributed by atoms with Gasteiger partial charge in [0.25, 0.3) is 0 Å². The molecule has 0 aliphatic heterocycles. The zero-order valence-electron chi connectivity index (χ0n) is 7.00. The number of hydrogen-bond donors (Lipinski definition) is 1. The summed E-state index contributed by atoms with van der Waals surface area (Å²) in [5.41, 5.74) is -0.0913. The van der Waals surface area contributed by atoms with E-state index in [1.165, 1.54) is 7.11 Å². The summed E-state index contributed by atoms with van der Waals surface area (Å²) in [6.45, 7) is -0.397. The molecule has 0 saturated carbocycles. The van der Waals surface area contributed by atoms with Gasteiger partial charge < -0.3 is 9.84 Å². The van der Waals surface area contributed by atoms with Crippen molar-refractivity contribution in [3.05, 3.63) is 29.6 Å². The van der Waals surface area contributed by atoms with Crippen LogP contribution in [0.1, 0.15) is 11.8 Å². The van der Waals surface area contributed by atoms with Crippen LogP contribution < -0.4 is 0 Å². The van der Waals surface area contributed by atoms with Crippen LogP contribution in [-0.2, 0) is 4.74 Å². The largest absolute Gasteiger partial charge is 0.393 e. The molecule has 0 saturated heterocycles. The third-order valence-corrected chi connectivity index (χ3v) is 1.59. The number of nitrogens with zero attached hydrogens (tertiary/aromatic N) is 1. The van der Waals surface area contributed by atoms with Gasteiger partial charge in [-0.05, 0) is 0 Å². The molecule has 0 fully saturated rings. The minimum absolute atomic E-state index is 0.0913. The smallest absolute Gasteiger partial charge is 0.150 e. The monoisotopic (exact) mass is 189 g/mol. The number of methoxy groups -OCH3 is 1. The zero-order valence-corrected chi connectivity index (χ0v) is 7.00. The third-order valence-electron chi connectivity index (χ3n) is 1.59. The Balaban J connectivity index is 2.99. The summed E-state index contributed by atoms with van der Waals surface area (Å²) in [4.78, 5) is 3.48. The second-order valence-corrected chi connectivity index (χ2v) is 2.43. The van der Waals surface area contributed by atoms with Crippen molar-refractivity contribution in [2.24, 2.45) is 0 Å². The molecule has 1 atom stereocenters. The molecular weight excluding hydrogens is 180 g/mol. The highest BCUT2D eigenvalue weighted by molar-refractivity contribution is 5.11. The molecule has 0 bridgehead atoms. The van der Waals surface area contributed by atoms with Crippen molar-refractivity contribution in [1.82, 2.24) is 4.98 Å². The van der Waals surface area contributed by atoms with Crippen LogP contribution in [-0.4, -0.2) is 23.8 Å². The van der Waals surface area contributed by atoms with Crippen LogP contribution in [0.15, 0.2) is 12.3 Å². The molecule has 13 heavy (non-hydrogen) atoms. The van der Waals surface area contributed by atoms with Crippen molar-refractivity contribution in [3.63, 3.8) is 0 Å². The quantitative estimate of drug-likeness (QED) is 0.772. The summed E-state index contributed by atoms with van der Waals surface area (Å²) >= 11 is 0. The number of rotatable bonds is 3. The first-order chi connectivity index (χ1) is 6.19. The van der Waals surface area contributed by atoms with Gasteiger partial charge in [-0.15, -0.1) is 0 Å². The van der Waals surface area contributed by atoms with Gasteiger partial charge in [0.15, 0.2) is 0 Å². The van der Waals surface area contributed by atoms with Crippen molar-refractivity contribution in [2.45, 2.75) is 6.10 Å². The van der Waals surface area contributed by atoms with Crippen LogP contribution in [0, 0.1) is 11.6 Å². The van der Waals surface area contributed by atoms with Crippen LogP contribution in [0.2, 0.25) is 0 Å². The van der Waals surface area contributed by atoms with Crippen LogP contribution >= 0.6 is 0 Å². The maximum Gasteiger partial charge on any atom is 0.150 e. The Morgan fingerprint density at radius 2 is 2.31 bits per heavy atom. The average molecular weight is 189 g/mol. The minimum atomic E-state index is -0.847. The van der Waals surface area contributed by atoms with E-state index in [1.807, 2.05) is 0 Å². The highest BCUT2D eigenvalue weighted by atomic mass is 19.1. The molecule has 0 aliphatic carbocycles. The second-order valence-electron chi connectivity index (χ2n) is 2.43. The molecular formula is C8H9F2NO2. The van der Waals surface area contributed by atoms with Crippen LogP contribution in [0.25, 0.3) is 0 Å². The fourth-order valence-electron chi connectivity index (χ4n) is 0.935. The normalized spacial score (nSPS) is 12.9. The molecule has 3 nitrogen and oxygen atoms in total. The lowest BCUT2D eigenvalue weighted by Gasteiger charge is -2.11. The molecule has 0 amide bonds. The van der Waals surface area contributed by atoms with Gasteiger partial charge in [-0.1, -0.05) is 0 Å². The Hall–Kier alpha value is -1.07. The van der Waals surface area contributed by atoms with Crippen LogP contribution in [0.5, 0.6) is 0 Å². The van der Waals surface area contributed by atoms with Gasteiger partial charge in [-0.25, -0.2) is 8.78 Å². The van der Waals surface area contributed by atoms with E-state index in [2.05, 4.69) is 4.98 Å². The lowest BCUT2D eigenvalue weighted by Crippen LogP contribution is -2.10. The predicted molar refractivity (Wildman–Crippen MR) is 41.0 cm³/mol. The van der Waals surface area contributed by atoms with Crippen LogP contribution in [0.4, 0.5) is 8.78 Å². The summed E-state index contributed by atoms with van der Waals surface area (Å²) in [7, 11) is 1.31. The van der Waals surface area contributed by atoms with Crippen molar-refractivity contribution >= 4 is 0 Å². The van der Waals surface area contributed by atoms with E-state index in [0.717, 1.165) is 6.20 Å². The molecule has 1 aromatic rings. The van der Waals surface area contributed by atoms with Gasteiger partial charge in [0.2, 0.25) is 0 Å². The summed E-state index contributed by atoms with van der Waals surface area (Å²) in [5.74, 6) is -1.57. The van der Waals surface area contributed by atoms with Gasteiger partial charge in [0.1, 0.15) is 23.4 Å². The molecule has 72 valence electrons.